The average Bonchev–Trinajstić information content (AvgIpc) is 3.53. The molecule has 30 heavy (non-hydrogen) atoms. The summed E-state index contributed by atoms with van der Waals surface area (Å²) in [5.41, 5.74) is 2.53. The van der Waals surface area contributed by atoms with Crippen molar-refractivity contribution >= 4 is 17.5 Å². The zero-order chi connectivity index (χ0) is 20.7. The first-order valence-electron chi connectivity index (χ1n) is 10.3. The second kappa shape index (κ2) is 7.37. The van der Waals surface area contributed by atoms with Crippen LogP contribution >= 0.6 is 0 Å². The number of β-amino-alcohol motifs (C(OH)–C–C–N with tert-alkyl or cyclic N) is 1. The molecule has 8 nitrogen and oxygen atoms in total. The van der Waals surface area contributed by atoms with Gasteiger partial charge in [-0.25, -0.2) is 4.98 Å². The molecule has 0 bridgehead atoms. The van der Waals surface area contributed by atoms with Crippen molar-refractivity contribution in [3.63, 3.8) is 0 Å². The molecule has 2 aliphatic heterocycles. The molecule has 2 aromatic rings. The Labute approximate surface area is 174 Å². The summed E-state index contributed by atoms with van der Waals surface area (Å²) in [5, 5.41) is 15.9. The number of carbonyl (C=O) groups is 2. The van der Waals surface area contributed by atoms with E-state index < -0.39 is 17.6 Å². The lowest BCUT2D eigenvalue weighted by Gasteiger charge is -2.30. The van der Waals surface area contributed by atoms with Crippen LogP contribution in [-0.4, -0.2) is 58.1 Å². The van der Waals surface area contributed by atoms with Gasteiger partial charge in [-0.05, 0) is 23.6 Å². The second-order valence-corrected chi connectivity index (χ2v) is 8.23. The highest BCUT2D eigenvalue weighted by molar-refractivity contribution is 6.03. The Bertz CT molecular complexity index is 1000. The number of nitrogens with zero attached hydrogens (tertiary/aromatic N) is 2. The molecule has 1 aliphatic carbocycles. The van der Waals surface area contributed by atoms with Gasteiger partial charge in [0, 0.05) is 39.0 Å². The molecule has 0 unspecified atom stereocenters. The summed E-state index contributed by atoms with van der Waals surface area (Å²) >= 11 is 0. The summed E-state index contributed by atoms with van der Waals surface area (Å²) in [6.45, 7) is 2.30. The number of hydrogen-bond donors (Lipinski definition) is 3. The third-order valence-corrected chi connectivity index (χ3v) is 5.95. The van der Waals surface area contributed by atoms with Crippen LogP contribution in [0.15, 0.2) is 36.5 Å². The third kappa shape index (κ3) is 3.64. The molecular formula is C22H24N4O4. The zero-order valence-corrected chi connectivity index (χ0v) is 16.6. The van der Waals surface area contributed by atoms with Gasteiger partial charge in [0.2, 0.25) is 0 Å². The second-order valence-electron chi connectivity index (χ2n) is 8.23. The number of aliphatic hydroxyl groups is 1. The largest absolute Gasteiger partial charge is 0.474 e. The van der Waals surface area contributed by atoms with Gasteiger partial charge in [0.25, 0.3) is 11.8 Å². The highest BCUT2D eigenvalue weighted by atomic mass is 16.5. The van der Waals surface area contributed by atoms with Gasteiger partial charge in [-0.2, -0.15) is 0 Å². The maximum Gasteiger partial charge on any atom is 0.270 e. The molecule has 3 N–H and O–H groups in total. The first-order valence-corrected chi connectivity index (χ1v) is 10.3. The minimum Gasteiger partial charge on any atom is -0.474 e. The summed E-state index contributed by atoms with van der Waals surface area (Å²) in [4.78, 5) is 30.9. The van der Waals surface area contributed by atoms with Gasteiger partial charge in [0.1, 0.15) is 5.69 Å². The summed E-state index contributed by atoms with van der Waals surface area (Å²) in [7, 11) is 0. The molecule has 0 radical (unpaired) electrons. The Morgan fingerprint density at radius 2 is 2.13 bits per heavy atom. The van der Waals surface area contributed by atoms with Crippen LogP contribution in [0.1, 0.15) is 34.5 Å². The lowest BCUT2D eigenvalue weighted by Crippen LogP contribution is -2.42. The number of ether oxygens (including phenoxy) is 1. The fraction of sp³-hybridized carbons (Fsp3) is 0.409. The van der Waals surface area contributed by atoms with Crippen molar-refractivity contribution in [3.05, 3.63) is 53.3 Å². The number of pyridine rings is 1. The van der Waals surface area contributed by atoms with E-state index in [2.05, 4.69) is 38.7 Å². The highest BCUT2D eigenvalue weighted by Crippen LogP contribution is 2.46. The minimum atomic E-state index is -0.739. The number of aromatic nitrogens is 1. The molecule has 1 saturated carbocycles. The van der Waals surface area contributed by atoms with Crippen LogP contribution in [0.3, 0.4) is 0 Å². The number of anilines is 1. The topological polar surface area (TPSA) is 104 Å². The molecule has 8 heteroatoms. The molecule has 0 saturated heterocycles. The van der Waals surface area contributed by atoms with E-state index in [1.165, 1.54) is 23.4 Å². The minimum absolute atomic E-state index is 0.127. The molecule has 156 valence electrons. The molecule has 2 amide bonds. The maximum absolute atomic E-state index is 12.5. The van der Waals surface area contributed by atoms with Crippen molar-refractivity contribution in [2.24, 2.45) is 0 Å². The van der Waals surface area contributed by atoms with E-state index in [1.807, 2.05) is 6.07 Å². The van der Waals surface area contributed by atoms with E-state index in [9.17, 15) is 14.7 Å². The van der Waals surface area contributed by atoms with E-state index >= 15 is 0 Å². The summed E-state index contributed by atoms with van der Waals surface area (Å²) in [5.74, 6) is -0.0954. The molecule has 5 rings (SSSR count). The monoisotopic (exact) mass is 408 g/mol. The van der Waals surface area contributed by atoms with E-state index in [4.69, 9.17) is 4.74 Å². The molecule has 3 heterocycles. The van der Waals surface area contributed by atoms with Crippen LogP contribution in [0, 0.1) is 0 Å². The van der Waals surface area contributed by atoms with Gasteiger partial charge in [0.05, 0.1) is 18.0 Å². The van der Waals surface area contributed by atoms with Crippen LogP contribution < -0.4 is 15.4 Å². The predicted molar refractivity (Wildman–Crippen MR) is 109 cm³/mol. The Kier molecular flexibility index (Phi) is 4.67. The first-order chi connectivity index (χ1) is 14.5. The van der Waals surface area contributed by atoms with E-state index in [0.717, 1.165) is 19.5 Å². The van der Waals surface area contributed by atoms with Crippen molar-refractivity contribution in [2.75, 3.05) is 25.0 Å². The van der Waals surface area contributed by atoms with E-state index in [-0.39, 0.29) is 18.1 Å². The quantitative estimate of drug-likeness (QED) is 0.684. The Morgan fingerprint density at radius 1 is 1.33 bits per heavy atom. The SMILES string of the molecule is O=C(NC[C@H](O)CN1CCc2ccccc2C1)c1cc2c(cn1)OC1(CC1)C(=O)N2. The smallest absolute Gasteiger partial charge is 0.270 e. The van der Waals surface area contributed by atoms with Gasteiger partial charge in [-0.3, -0.25) is 14.5 Å². The fourth-order valence-electron chi connectivity index (χ4n) is 4.06. The fourth-order valence-corrected chi connectivity index (χ4v) is 4.06. The van der Waals surface area contributed by atoms with Crippen molar-refractivity contribution in [1.82, 2.24) is 15.2 Å². The van der Waals surface area contributed by atoms with E-state index in [0.29, 0.717) is 30.8 Å². The molecule has 1 spiro atoms. The van der Waals surface area contributed by atoms with Crippen molar-refractivity contribution in [1.29, 1.82) is 0 Å². The maximum atomic E-state index is 12.5. The molecular weight excluding hydrogens is 384 g/mol. The normalized spacial score (nSPS) is 19.8. The van der Waals surface area contributed by atoms with Crippen LogP contribution in [0.5, 0.6) is 5.75 Å². The van der Waals surface area contributed by atoms with Crippen molar-refractivity contribution < 1.29 is 19.4 Å². The lowest BCUT2D eigenvalue weighted by molar-refractivity contribution is -0.125. The molecule has 1 fully saturated rings. The Hall–Kier alpha value is -2.97. The number of hydrogen-bond acceptors (Lipinski definition) is 6. The summed E-state index contributed by atoms with van der Waals surface area (Å²) in [6, 6.07) is 9.85. The number of nitrogens with one attached hydrogen (secondary N) is 2. The zero-order valence-electron chi connectivity index (χ0n) is 16.6. The number of carbonyl (C=O) groups excluding carboxylic acids is 2. The van der Waals surface area contributed by atoms with Gasteiger partial charge in [-0.15, -0.1) is 0 Å². The first kappa shape index (κ1) is 19.0. The summed E-state index contributed by atoms with van der Waals surface area (Å²) in [6.07, 6.45) is 3.13. The predicted octanol–water partition coefficient (Wildman–Crippen LogP) is 1.09. The van der Waals surface area contributed by atoms with Crippen LogP contribution in [0.25, 0.3) is 0 Å². The average molecular weight is 408 g/mol. The number of rotatable bonds is 5. The number of fused-ring (bicyclic) bond motifs is 2. The summed E-state index contributed by atoms with van der Waals surface area (Å²) < 4.78 is 5.73. The third-order valence-electron chi connectivity index (χ3n) is 5.95. The molecule has 1 aromatic heterocycles. The lowest BCUT2D eigenvalue weighted by atomic mass is 10.00. The van der Waals surface area contributed by atoms with Gasteiger partial charge < -0.3 is 20.5 Å². The van der Waals surface area contributed by atoms with Gasteiger partial charge >= 0.3 is 0 Å². The van der Waals surface area contributed by atoms with E-state index in [1.54, 1.807) is 0 Å². The Balaban J connectivity index is 1.15. The van der Waals surface area contributed by atoms with Gasteiger partial charge in [-0.1, -0.05) is 24.3 Å². The number of benzene rings is 1. The van der Waals surface area contributed by atoms with Crippen LogP contribution in [0.4, 0.5) is 5.69 Å². The van der Waals surface area contributed by atoms with Gasteiger partial charge in [0.15, 0.2) is 11.4 Å². The molecule has 1 aromatic carbocycles. The molecule has 1 atom stereocenters. The van der Waals surface area contributed by atoms with Crippen molar-refractivity contribution in [2.45, 2.75) is 37.5 Å². The standard InChI is InChI=1S/C22H24N4O4/c27-16(13-26-8-5-14-3-1-2-4-15(14)12-26)10-24-20(28)18-9-17-19(11-23-18)30-22(6-7-22)21(29)25-17/h1-4,9,11,16,27H,5-8,10,12-13H2,(H,24,28)(H,25,29)/t16-/m0/s1. The van der Waals surface area contributed by atoms with Crippen molar-refractivity contribution in [3.8, 4) is 5.75 Å². The number of aliphatic hydroxyl groups excluding tert-OH is 1. The highest BCUT2D eigenvalue weighted by Gasteiger charge is 2.55. The van der Waals surface area contributed by atoms with Crippen LogP contribution in [-0.2, 0) is 17.8 Å². The number of amides is 2. The Morgan fingerprint density at radius 3 is 2.93 bits per heavy atom. The van der Waals surface area contributed by atoms with Crippen LogP contribution in [0.2, 0.25) is 0 Å². The molecule has 3 aliphatic rings.